The third-order valence-corrected chi connectivity index (χ3v) is 11.9. The van der Waals surface area contributed by atoms with Gasteiger partial charge in [0, 0.05) is 44.3 Å². The van der Waals surface area contributed by atoms with Crippen LogP contribution in [-0.2, 0) is 21.1 Å². The average molecular weight is 963 g/mol. The van der Waals surface area contributed by atoms with E-state index >= 15 is 0 Å². The molecule has 3 aliphatic rings. The monoisotopic (exact) mass is 962 g/mol. The van der Waals surface area contributed by atoms with Gasteiger partial charge in [0.15, 0.2) is 5.88 Å². The fourth-order valence-corrected chi connectivity index (χ4v) is 9.14. The molecule has 0 aliphatic carbocycles. The Balaban J connectivity index is 0.00000462. The number of imidazole rings is 1. The van der Waals surface area contributed by atoms with Gasteiger partial charge in [-0.3, -0.25) is 4.57 Å². The molecule has 3 aliphatic heterocycles. The first-order chi connectivity index (χ1) is 28.7. The number of phenols is 1. The quantitative estimate of drug-likeness (QED) is 0.127. The SMILES string of the molecule is Cc1cccc(C)c1C1=C2C=CC=C3Oc4ccc(-c5ccccn5)[c-]c4B(c4nc(-c5ccccc5O)n(-c5c(C(C)C)cc(-c6ccccc6)cc5C(C)C)c41)N32.[Pt]. The molecule has 0 bridgehead atoms. The average Bonchev–Trinajstić information content (AvgIpc) is 3.64. The van der Waals surface area contributed by atoms with Crippen molar-refractivity contribution in [1.29, 1.82) is 0 Å². The molecule has 0 radical (unpaired) electrons. The molecule has 298 valence electrons. The third-order valence-electron chi connectivity index (χ3n) is 11.9. The minimum absolute atomic E-state index is 0. The first kappa shape index (κ1) is 39.3. The zero-order valence-corrected chi connectivity index (χ0v) is 36.7. The number of nitrogens with zero attached hydrogens (tertiary/aromatic N) is 4. The molecular weight excluding hydrogens is 918 g/mol. The topological polar surface area (TPSA) is 63.4 Å². The van der Waals surface area contributed by atoms with Crippen LogP contribution in [0.4, 0.5) is 0 Å². The zero-order valence-electron chi connectivity index (χ0n) is 34.5. The maximum atomic E-state index is 11.8. The number of ether oxygens (including phenoxy) is 1. The summed E-state index contributed by atoms with van der Waals surface area (Å²) in [7, 11) is 0. The van der Waals surface area contributed by atoms with Crippen molar-refractivity contribution in [1.82, 2.24) is 19.3 Å². The fourth-order valence-electron chi connectivity index (χ4n) is 9.14. The predicted molar refractivity (Wildman–Crippen MR) is 239 cm³/mol. The molecule has 1 N–H and O–H groups in total. The molecule has 60 heavy (non-hydrogen) atoms. The molecule has 0 atom stereocenters. The third kappa shape index (κ3) is 6.30. The van der Waals surface area contributed by atoms with Gasteiger partial charge in [0.2, 0.25) is 0 Å². The maximum absolute atomic E-state index is 11.8. The molecule has 0 spiro atoms. The van der Waals surface area contributed by atoms with Crippen LogP contribution in [0.25, 0.3) is 45.0 Å². The van der Waals surface area contributed by atoms with Gasteiger partial charge < -0.3 is 19.6 Å². The van der Waals surface area contributed by atoms with Gasteiger partial charge in [0.1, 0.15) is 11.6 Å². The summed E-state index contributed by atoms with van der Waals surface area (Å²) in [6.07, 6.45) is 8.15. The number of aryl methyl sites for hydroxylation is 2. The Morgan fingerprint density at radius 3 is 2.15 bits per heavy atom. The van der Waals surface area contributed by atoms with Gasteiger partial charge in [0.25, 0.3) is 0 Å². The number of hydrogen-bond acceptors (Lipinski definition) is 5. The van der Waals surface area contributed by atoms with Crippen LogP contribution in [0.1, 0.15) is 73.0 Å². The second kappa shape index (κ2) is 15.5. The molecule has 0 saturated heterocycles. The van der Waals surface area contributed by atoms with Gasteiger partial charge in [-0.05, 0) is 113 Å². The summed E-state index contributed by atoms with van der Waals surface area (Å²) >= 11 is 0. The van der Waals surface area contributed by atoms with Gasteiger partial charge in [-0.25, -0.2) is 4.98 Å². The van der Waals surface area contributed by atoms with E-state index in [-0.39, 0.29) is 38.7 Å². The second-order valence-corrected chi connectivity index (χ2v) is 16.3. The van der Waals surface area contributed by atoms with E-state index in [2.05, 4.69) is 130 Å². The number of hydrogen-bond donors (Lipinski definition) is 1. The molecule has 7 aromatic rings. The van der Waals surface area contributed by atoms with Crippen LogP contribution < -0.4 is 15.8 Å². The van der Waals surface area contributed by atoms with Gasteiger partial charge >= 0.3 is 6.85 Å². The zero-order chi connectivity index (χ0) is 40.5. The van der Waals surface area contributed by atoms with Gasteiger partial charge in [-0.2, -0.15) is 0 Å². The number of rotatable bonds is 7. The Morgan fingerprint density at radius 2 is 1.47 bits per heavy atom. The van der Waals surface area contributed by atoms with E-state index < -0.39 is 6.85 Å². The number of aromatic hydroxyl groups is 1. The van der Waals surface area contributed by atoms with Crippen molar-refractivity contribution in [2.45, 2.75) is 53.4 Å². The van der Waals surface area contributed by atoms with E-state index in [1.807, 2.05) is 60.8 Å². The second-order valence-electron chi connectivity index (χ2n) is 16.3. The first-order valence-corrected chi connectivity index (χ1v) is 20.5. The van der Waals surface area contributed by atoms with Gasteiger partial charge in [-0.15, -0.1) is 23.8 Å². The Morgan fingerprint density at radius 1 is 0.767 bits per heavy atom. The molecule has 0 fully saturated rings. The van der Waals surface area contributed by atoms with E-state index in [4.69, 9.17) is 14.7 Å². The molecule has 5 heterocycles. The summed E-state index contributed by atoms with van der Waals surface area (Å²) in [5.74, 6) is 2.61. The number of pyridine rings is 1. The van der Waals surface area contributed by atoms with E-state index in [0.29, 0.717) is 11.4 Å². The van der Waals surface area contributed by atoms with Crippen molar-refractivity contribution in [2.75, 3.05) is 0 Å². The number of fused-ring (bicyclic) bond motifs is 4. The maximum Gasteiger partial charge on any atom is 0.338 e. The number of aromatic nitrogens is 3. The molecule has 10 rings (SSSR count). The van der Waals surface area contributed by atoms with Crippen LogP contribution in [0.15, 0.2) is 151 Å². The summed E-state index contributed by atoms with van der Waals surface area (Å²) in [5, 5.41) is 11.8. The molecule has 5 aromatic carbocycles. The molecule has 8 heteroatoms. The molecule has 0 unspecified atom stereocenters. The Bertz CT molecular complexity index is 2860. The molecule has 0 saturated carbocycles. The summed E-state index contributed by atoms with van der Waals surface area (Å²) in [6, 6.07) is 43.3. The fraction of sp³-hybridized carbons (Fsp3) is 0.154. The van der Waals surface area contributed by atoms with Crippen LogP contribution in [-0.4, -0.2) is 31.3 Å². The number of para-hydroxylation sites is 1. The van der Waals surface area contributed by atoms with Crippen LogP contribution in [0.5, 0.6) is 11.5 Å². The predicted octanol–water partition coefficient (Wildman–Crippen LogP) is 10.6. The van der Waals surface area contributed by atoms with Crippen LogP contribution in [0, 0.1) is 19.9 Å². The molecule has 2 aromatic heterocycles. The van der Waals surface area contributed by atoms with Crippen LogP contribution in [0.3, 0.4) is 0 Å². The Labute approximate surface area is 367 Å². The van der Waals surface area contributed by atoms with E-state index in [9.17, 15) is 5.11 Å². The molecule has 0 amide bonds. The van der Waals surface area contributed by atoms with E-state index in [1.165, 1.54) is 22.3 Å². The van der Waals surface area contributed by atoms with Gasteiger partial charge in [0.05, 0.1) is 22.5 Å². The normalized spacial score (nSPS) is 13.8. The molecular formula is C52H44BN4O2Pt-. The number of allylic oxidation sites excluding steroid dienone is 3. The van der Waals surface area contributed by atoms with Crippen molar-refractivity contribution in [3.63, 3.8) is 0 Å². The van der Waals surface area contributed by atoms with Crippen molar-refractivity contribution < 1.29 is 30.9 Å². The summed E-state index contributed by atoms with van der Waals surface area (Å²) in [6.45, 7) is 13.1. The number of phenolic OH excluding ortho intramolecular Hbond substituents is 1. The Hall–Kier alpha value is -6.17. The van der Waals surface area contributed by atoms with E-state index in [1.54, 1.807) is 6.07 Å². The van der Waals surface area contributed by atoms with Crippen LogP contribution in [0.2, 0.25) is 0 Å². The van der Waals surface area contributed by atoms with Crippen molar-refractivity contribution in [3.05, 3.63) is 191 Å². The summed E-state index contributed by atoms with van der Waals surface area (Å²) in [4.78, 5) is 12.8. The summed E-state index contributed by atoms with van der Waals surface area (Å²) in [5.41, 5.74) is 16.5. The smallest absolute Gasteiger partial charge is 0.338 e. The Kier molecular flexibility index (Phi) is 10.1. The van der Waals surface area contributed by atoms with E-state index in [0.717, 1.165) is 73.3 Å². The molecule has 6 nitrogen and oxygen atoms in total. The van der Waals surface area contributed by atoms with Crippen molar-refractivity contribution in [3.8, 4) is 51.0 Å². The van der Waals surface area contributed by atoms with Crippen LogP contribution >= 0.6 is 0 Å². The summed E-state index contributed by atoms with van der Waals surface area (Å²) < 4.78 is 9.17. The largest absolute Gasteiger partial charge is 0.507 e. The van der Waals surface area contributed by atoms with Gasteiger partial charge in [-0.1, -0.05) is 112 Å². The standard InChI is InChI=1S/C52H44BN4O2.Pt/c1-31(2)39-28-37(35-18-8-7-9-19-35)29-40(32(3)4)49(39)56-50-48(47-33(5)16-14-17-34(47)6)43-22-15-24-46-57(43)53(51(50)55-52(56)38-20-10-11-23-44(38)58)41-30-36(25-26-45(41)59-46)42-21-12-13-27-54-42;/h7-29,31-32,58H,1-6H3;/q-1;. The minimum atomic E-state index is -0.406. The van der Waals surface area contributed by atoms with Crippen molar-refractivity contribution in [2.24, 2.45) is 0 Å². The van der Waals surface area contributed by atoms with Crippen molar-refractivity contribution >= 4 is 23.5 Å². The first-order valence-electron chi connectivity index (χ1n) is 20.5. The minimum Gasteiger partial charge on any atom is -0.507 e. The number of benzene rings is 5.